The number of amides is 2. The van der Waals surface area contributed by atoms with Gasteiger partial charge in [-0.05, 0) is 30.5 Å². The first-order valence-electron chi connectivity index (χ1n) is 8.68. The van der Waals surface area contributed by atoms with Crippen LogP contribution in [0, 0.1) is 0 Å². The molecule has 2 rings (SSSR count). The van der Waals surface area contributed by atoms with Crippen LogP contribution in [0.2, 0.25) is 0 Å². The average Bonchev–Trinajstić information content (AvgIpc) is 2.61. The molecule has 0 bridgehead atoms. The van der Waals surface area contributed by atoms with Gasteiger partial charge in [-0.1, -0.05) is 68.3 Å². The number of nitrogens with one attached hydrogen (secondary N) is 3. The molecule has 0 fully saturated rings. The van der Waals surface area contributed by atoms with Crippen molar-refractivity contribution in [3.05, 3.63) is 66.2 Å². The fraction of sp³-hybridized carbons (Fsp3) is 0.350. The first-order valence-corrected chi connectivity index (χ1v) is 8.68. The van der Waals surface area contributed by atoms with E-state index in [2.05, 4.69) is 47.1 Å². The van der Waals surface area contributed by atoms with E-state index in [4.69, 9.17) is 0 Å². The maximum absolute atomic E-state index is 12.2. The highest BCUT2D eigenvalue weighted by atomic mass is 35.5. The van der Waals surface area contributed by atoms with Crippen LogP contribution in [0.25, 0.3) is 0 Å². The minimum absolute atomic E-state index is 0. The zero-order valence-corrected chi connectivity index (χ0v) is 15.5. The number of benzene rings is 2. The highest BCUT2D eigenvalue weighted by molar-refractivity contribution is 5.89. The van der Waals surface area contributed by atoms with Crippen LogP contribution < -0.4 is 16.0 Å². The predicted molar refractivity (Wildman–Crippen MR) is 107 cm³/mol. The Hall–Kier alpha value is -2.04. The van der Waals surface area contributed by atoms with Crippen LogP contribution >= 0.6 is 12.4 Å². The molecule has 0 saturated heterocycles. The van der Waals surface area contributed by atoms with Crippen LogP contribution in [0.4, 0.5) is 10.5 Å². The summed E-state index contributed by atoms with van der Waals surface area (Å²) < 4.78 is 0. The molecular weight excluding hydrogens is 334 g/mol. The Balaban J connectivity index is 0.00000312. The molecule has 2 amide bonds. The number of para-hydroxylation sites is 1. The summed E-state index contributed by atoms with van der Waals surface area (Å²) in [5, 5.41) is 9.34. The minimum atomic E-state index is -0.172. The number of urea groups is 1. The molecule has 0 spiro atoms. The van der Waals surface area contributed by atoms with Gasteiger partial charge in [0.1, 0.15) is 0 Å². The van der Waals surface area contributed by atoms with Gasteiger partial charge in [-0.25, -0.2) is 4.79 Å². The third-order valence-electron chi connectivity index (χ3n) is 3.83. The first kappa shape index (κ1) is 21.0. The molecule has 0 aromatic heterocycles. The summed E-state index contributed by atoms with van der Waals surface area (Å²) in [5.74, 6) is 0. The summed E-state index contributed by atoms with van der Waals surface area (Å²) >= 11 is 0. The molecule has 1 atom stereocenters. The average molecular weight is 362 g/mol. The fourth-order valence-corrected chi connectivity index (χ4v) is 2.52. The molecule has 1 unspecified atom stereocenters. The van der Waals surface area contributed by atoms with Gasteiger partial charge in [-0.2, -0.15) is 0 Å². The normalized spacial score (nSPS) is 11.2. The number of hydrogen-bond acceptors (Lipinski definition) is 2. The van der Waals surface area contributed by atoms with Gasteiger partial charge < -0.3 is 10.6 Å². The van der Waals surface area contributed by atoms with E-state index in [1.165, 1.54) is 5.56 Å². The lowest BCUT2D eigenvalue weighted by atomic mass is 10.1. The maximum atomic E-state index is 12.2. The van der Waals surface area contributed by atoms with Crippen LogP contribution in [0.3, 0.4) is 0 Å². The van der Waals surface area contributed by atoms with E-state index in [0.717, 1.165) is 37.9 Å². The zero-order valence-electron chi connectivity index (χ0n) is 14.7. The molecule has 136 valence electrons. The van der Waals surface area contributed by atoms with E-state index in [-0.39, 0.29) is 24.6 Å². The SMILES string of the molecule is CCCCC(NCCc1ccccc1)NC(=O)Nc1ccccc1.Cl. The molecule has 4 nitrogen and oxygen atoms in total. The molecule has 3 N–H and O–H groups in total. The van der Waals surface area contributed by atoms with Crippen molar-refractivity contribution in [1.29, 1.82) is 0 Å². The second-order valence-electron chi connectivity index (χ2n) is 5.85. The zero-order chi connectivity index (χ0) is 17.0. The predicted octanol–water partition coefficient (Wildman–Crippen LogP) is 4.58. The van der Waals surface area contributed by atoms with Gasteiger partial charge in [0.05, 0.1) is 6.17 Å². The summed E-state index contributed by atoms with van der Waals surface area (Å²) in [5.41, 5.74) is 2.10. The van der Waals surface area contributed by atoms with Gasteiger partial charge in [0.25, 0.3) is 0 Å². The quantitative estimate of drug-likeness (QED) is 0.572. The summed E-state index contributed by atoms with van der Waals surface area (Å²) in [6.07, 6.45) is 4.05. The molecule has 5 heteroatoms. The number of carbonyl (C=O) groups is 1. The van der Waals surface area contributed by atoms with Crippen LogP contribution in [0.5, 0.6) is 0 Å². The van der Waals surface area contributed by atoms with Crippen molar-refractivity contribution in [2.45, 2.75) is 38.8 Å². The van der Waals surface area contributed by atoms with Crippen LogP contribution in [-0.2, 0) is 6.42 Å². The Morgan fingerprint density at radius 1 is 1.00 bits per heavy atom. The van der Waals surface area contributed by atoms with Gasteiger partial charge in [0, 0.05) is 12.2 Å². The van der Waals surface area contributed by atoms with Crippen molar-refractivity contribution >= 4 is 24.1 Å². The molecule has 2 aromatic rings. The van der Waals surface area contributed by atoms with Crippen LogP contribution in [0.1, 0.15) is 31.7 Å². The Morgan fingerprint density at radius 2 is 1.64 bits per heavy atom. The number of hydrogen-bond donors (Lipinski definition) is 3. The van der Waals surface area contributed by atoms with Crippen molar-refractivity contribution in [3.8, 4) is 0 Å². The fourth-order valence-electron chi connectivity index (χ4n) is 2.52. The number of anilines is 1. The highest BCUT2D eigenvalue weighted by Crippen LogP contribution is 2.05. The Kier molecular flexibility index (Phi) is 10.4. The van der Waals surface area contributed by atoms with Gasteiger partial charge in [0.15, 0.2) is 0 Å². The van der Waals surface area contributed by atoms with Crippen molar-refractivity contribution in [3.63, 3.8) is 0 Å². The molecule has 0 heterocycles. The van der Waals surface area contributed by atoms with E-state index in [1.807, 2.05) is 36.4 Å². The lowest BCUT2D eigenvalue weighted by Gasteiger charge is -2.20. The van der Waals surface area contributed by atoms with Crippen molar-refractivity contribution < 1.29 is 4.79 Å². The first-order chi connectivity index (χ1) is 11.8. The second-order valence-corrected chi connectivity index (χ2v) is 5.85. The third kappa shape index (κ3) is 8.57. The highest BCUT2D eigenvalue weighted by Gasteiger charge is 2.11. The molecule has 0 radical (unpaired) electrons. The standard InChI is InChI=1S/C20H27N3O.ClH/c1-2-3-14-19(21-16-15-17-10-6-4-7-11-17)23-20(24)22-18-12-8-5-9-13-18;/h4-13,19,21H,2-3,14-16H2,1H3,(H2,22,23,24);1H. The van der Waals surface area contributed by atoms with Gasteiger partial charge in [-0.15, -0.1) is 12.4 Å². The van der Waals surface area contributed by atoms with Gasteiger partial charge in [-0.3, -0.25) is 5.32 Å². The topological polar surface area (TPSA) is 53.2 Å². The summed E-state index contributed by atoms with van der Waals surface area (Å²) in [6, 6.07) is 19.7. The smallest absolute Gasteiger partial charge is 0.320 e. The number of rotatable bonds is 9. The van der Waals surface area contributed by atoms with E-state index < -0.39 is 0 Å². The van der Waals surface area contributed by atoms with Crippen molar-refractivity contribution in [2.75, 3.05) is 11.9 Å². The van der Waals surface area contributed by atoms with E-state index in [0.29, 0.717) is 0 Å². The van der Waals surface area contributed by atoms with E-state index >= 15 is 0 Å². The molecule has 2 aromatic carbocycles. The molecule has 0 aliphatic carbocycles. The monoisotopic (exact) mass is 361 g/mol. The van der Waals surface area contributed by atoms with E-state index in [1.54, 1.807) is 0 Å². The number of unbranched alkanes of at least 4 members (excludes halogenated alkanes) is 1. The van der Waals surface area contributed by atoms with Crippen LogP contribution in [0.15, 0.2) is 60.7 Å². The molecule has 0 saturated carbocycles. The summed E-state index contributed by atoms with van der Waals surface area (Å²) in [7, 11) is 0. The summed E-state index contributed by atoms with van der Waals surface area (Å²) in [4.78, 5) is 12.2. The van der Waals surface area contributed by atoms with Gasteiger partial charge in [0.2, 0.25) is 0 Å². The lowest BCUT2D eigenvalue weighted by molar-refractivity contribution is 0.244. The van der Waals surface area contributed by atoms with Crippen molar-refractivity contribution in [2.24, 2.45) is 0 Å². The Morgan fingerprint density at radius 3 is 2.28 bits per heavy atom. The lowest BCUT2D eigenvalue weighted by Crippen LogP contribution is -2.47. The molecule has 0 aliphatic rings. The molecule has 25 heavy (non-hydrogen) atoms. The number of halogens is 1. The minimum Gasteiger partial charge on any atom is -0.323 e. The summed E-state index contributed by atoms with van der Waals surface area (Å²) in [6.45, 7) is 3.00. The second kappa shape index (κ2) is 12.3. The van der Waals surface area contributed by atoms with Crippen molar-refractivity contribution in [1.82, 2.24) is 10.6 Å². The van der Waals surface area contributed by atoms with E-state index in [9.17, 15) is 4.79 Å². The third-order valence-corrected chi connectivity index (χ3v) is 3.83. The number of carbonyl (C=O) groups excluding carboxylic acids is 1. The maximum Gasteiger partial charge on any atom is 0.320 e. The molecule has 0 aliphatic heterocycles. The Bertz CT molecular complexity index is 592. The molecular formula is C20H28ClN3O. The van der Waals surface area contributed by atoms with Crippen LogP contribution in [-0.4, -0.2) is 18.7 Å². The Labute approximate surface area is 156 Å². The van der Waals surface area contributed by atoms with Gasteiger partial charge >= 0.3 is 6.03 Å². The largest absolute Gasteiger partial charge is 0.323 e.